The van der Waals surface area contributed by atoms with Crippen LogP contribution in [-0.4, -0.2) is 17.1 Å². The minimum absolute atomic E-state index is 0.0347. The minimum atomic E-state index is -1.31. The Bertz CT molecular complexity index is 875. The number of hydrogen-bond donors (Lipinski definition) is 3. The van der Waals surface area contributed by atoms with Crippen LogP contribution in [0.2, 0.25) is 0 Å². The molecule has 0 fully saturated rings. The summed E-state index contributed by atoms with van der Waals surface area (Å²) in [7, 11) is 0. The van der Waals surface area contributed by atoms with Gasteiger partial charge in [-0.15, -0.1) is 0 Å². The van der Waals surface area contributed by atoms with E-state index in [0.717, 1.165) is 16.7 Å². The summed E-state index contributed by atoms with van der Waals surface area (Å²) in [6.07, 6.45) is 2.63. The predicted octanol–water partition coefficient (Wildman–Crippen LogP) is 2.45. The Balaban J connectivity index is 1.90. The zero-order chi connectivity index (χ0) is 19.1. The molecule has 1 heterocycles. The van der Waals surface area contributed by atoms with Gasteiger partial charge in [0, 0.05) is 22.8 Å². The highest BCUT2D eigenvalue weighted by Crippen LogP contribution is 2.21. The maximum atomic E-state index is 11.9. The lowest BCUT2D eigenvalue weighted by Gasteiger charge is -2.14. The van der Waals surface area contributed by atoms with E-state index in [4.69, 9.17) is 5.11 Å². The molecular weight excluding hydrogens is 342 g/mol. The third kappa shape index (κ3) is 4.92. The lowest BCUT2D eigenvalue weighted by Crippen LogP contribution is -2.43. The number of nitrogens with one attached hydrogen (secondary N) is 2. The van der Waals surface area contributed by atoms with Crippen molar-refractivity contribution < 1.29 is 19.3 Å². The molecule has 0 aliphatic heterocycles. The van der Waals surface area contributed by atoms with E-state index in [9.17, 15) is 9.59 Å². The summed E-state index contributed by atoms with van der Waals surface area (Å²) >= 11 is 0. The Labute approximate surface area is 157 Å². The molecule has 0 atom stereocenters. The average molecular weight is 362 g/mol. The van der Waals surface area contributed by atoms with Crippen molar-refractivity contribution in [3.05, 3.63) is 102 Å². The number of hydrazine groups is 1. The summed E-state index contributed by atoms with van der Waals surface area (Å²) in [5.41, 5.74) is 7.04. The van der Waals surface area contributed by atoms with E-state index < -0.39 is 12.0 Å². The van der Waals surface area contributed by atoms with Gasteiger partial charge in [0.25, 0.3) is 0 Å². The van der Waals surface area contributed by atoms with Crippen molar-refractivity contribution in [1.29, 1.82) is 0 Å². The van der Waals surface area contributed by atoms with Crippen LogP contribution in [0.3, 0.4) is 0 Å². The van der Waals surface area contributed by atoms with Crippen molar-refractivity contribution >= 4 is 12.0 Å². The molecule has 0 radical (unpaired) electrons. The van der Waals surface area contributed by atoms with Crippen LogP contribution in [0.1, 0.15) is 22.7 Å². The fourth-order valence-corrected chi connectivity index (χ4v) is 2.97. The van der Waals surface area contributed by atoms with Crippen molar-refractivity contribution in [2.75, 3.05) is 0 Å². The second-order valence-electron chi connectivity index (χ2n) is 6.04. The highest BCUT2D eigenvalue weighted by Gasteiger charge is 2.23. The Morgan fingerprint density at radius 3 is 2.00 bits per heavy atom. The second-order valence-corrected chi connectivity index (χ2v) is 6.04. The normalized spacial score (nSPS) is 10.4. The van der Waals surface area contributed by atoms with E-state index in [1.807, 2.05) is 66.4 Å². The lowest BCUT2D eigenvalue weighted by molar-refractivity contribution is -0.705. The topological polar surface area (TPSA) is 82.3 Å². The molecule has 3 N–H and O–H groups in total. The van der Waals surface area contributed by atoms with Gasteiger partial charge in [0.2, 0.25) is 11.9 Å². The number of carbonyl (C=O) groups is 2. The molecule has 0 aliphatic carbocycles. The second kappa shape index (κ2) is 8.62. The Morgan fingerprint density at radius 2 is 1.44 bits per heavy atom. The van der Waals surface area contributed by atoms with E-state index in [2.05, 4.69) is 34.3 Å². The van der Waals surface area contributed by atoms with Gasteiger partial charge >= 0.3 is 6.09 Å². The molecule has 0 spiro atoms. The predicted molar refractivity (Wildman–Crippen MR) is 99.8 cm³/mol. The molecule has 1 aromatic heterocycles. The Morgan fingerprint density at radius 1 is 0.852 bits per heavy atom. The quantitative estimate of drug-likeness (QED) is 0.482. The molecule has 0 saturated heterocycles. The number of amides is 2. The number of carboxylic acid groups (broad SMARTS) is 1. The molecule has 2 aromatic carbocycles. The first kappa shape index (κ1) is 18.1. The molecular formula is C21H20N3O3+. The summed E-state index contributed by atoms with van der Waals surface area (Å²) in [5.74, 6) is -0.425. The van der Waals surface area contributed by atoms with Gasteiger partial charge in [-0.25, -0.2) is 10.2 Å². The first-order valence-electron chi connectivity index (χ1n) is 8.51. The summed E-state index contributed by atoms with van der Waals surface area (Å²) < 4.78 is 2.05. The molecule has 0 aliphatic rings. The highest BCUT2D eigenvalue weighted by molar-refractivity contribution is 5.80. The molecule has 0 bridgehead atoms. The van der Waals surface area contributed by atoms with Gasteiger partial charge in [-0.2, -0.15) is 4.57 Å². The van der Waals surface area contributed by atoms with Crippen molar-refractivity contribution in [2.24, 2.45) is 0 Å². The van der Waals surface area contributed by atoms with Crippen LogP contribution in [0.25, 0.3) is 0 Å². The number of carbonyl (C=O) groups excluding carboxylic acids is 1. The van der Waals surface area contributed by atoms with Gasteiger partial charge in [-0.3, -0.25) is 10.2 Å². The summed E-state index contributed by atoms with van der Waals surface area (Å²) in [4.78, 5) is 22.4. The van der Waals surface area contributed by atoms with Crippen molar-refractivity contribution in [3.8, 4) is 0 Å². The SMILES string of the molecule is O=C(O)NNC(=O)Cc1ccc[n+](C(c2ccccc2)c2ccccc2)c1. The van der Waals surface area contributed by atoms with E-state index in [-0.39, 0.29) is 12.5 Å². The third-order valence-corrected chi connectivity index (χ3v) is 4.09. The number of hydrogen-bond acceptors (Lipinski definition) is 2. The van der Waals surface area contributed by atoms with Gasteiger partial charge in [0.15, 0.2) is 12.4 Å². The first-order valence-corrected chi connectivity index (χ1v) is 8.51. The van der Waals surface area contributed by atoms with E-state index in [1.54, 1.807) is 0 Å². The molecule has 0 unspecified atom stereocenters. The lowest BCUT2D eigenvalue weighted by atomic mass is 9.98. The van der Waals surface area contributed by atoms with Gasteiger partial charge in [0.05, 0.1) is 6.42 Å². The fourth-order valence-electron chi connectivity index (χ4n) is 2.97. The summed E-state index contributed by atoms with van der Waals surface area (Å²) in [6, 6.07) is 23.9. The standard InChI is InChI=1S/C21H19N3O3/c25-19(22-23-21(26)27)14-16-8-7-13-24(15-16)20(17-9-3-1-4-10-17)18-11-5-2-6-12-18/h1-13,15,20,23H,14H2,(H-,22,25,26,27)/p+1. The van der Waals surface area contributed by atoms with Crippen LogP contribution in [-0.2, 0) is 11.2 Å². The van der Waals surface area contributed by atoms with Crippen LogP contribution in [0, 0.1) is 0 Å². The smallest absolute Gasteiger partial charge is 0.423 e. The molecule has 3 aromatic rings. The molecule has 3 rings (SSSR count). The first-order chi connectivity index (χ1) is 13.1. The van der Waals surface area contributed by atoms with Crippen LogP contribution in [0.4, 0.5) is 4.79 Å². The summed E-state index contributed by atoms with van der Waals surface area (Å²) in [5, 5.41) is 8.57. The number of benzene rings is 2. The monoisotopic (exact) mass is 362 g/mol. The maximum Gasteiger partial charge on any atom is 0.423 e. The van der Waals surface area contributed by atoms with E-state index in [1.165, 1.54) is 0 Å². The van der Waals surface area contributed by atoms with Gasteiger partial charge < -0.3 is 5.11 Å². The zero-order valence-electron chi connectivity index (χ0n) is 14.6. The van der Waals surface area contributed by atoms with Gasteiger partial charge in [0.1, 0.15) is 0 Å². The van der Waals surface area contributed by atoms with Crippen molar-refractivity contribution in [1.82, 2.24) is 10.9 Å². The van der Waals surface area contributed by atoms with Gasteiger partial charge in [-0.05, 0) is 6.07 Å². The fraction of sp³-hybridized carbons (Fsp3) is 0.0952. The number of nitrogens with zero attached hydrogens (tertiary/aromatic N) is 1. The molecule has 136 valence electrons. The molecule has 2 amide bonds. The molecule has 6 nitrogen and oxygen atoms in total. The largest absolute Gasteiger partial charge is 0.464 e. The molecule has 0 saturated carbocycles. The number of rotatable bonds is 5. The Kier molecular flexibility index (Phi) is 5.79. The maximum absolute atomic E-state index is 11.9. The van der Waals surface area contributed by atoms with Gasteiger partial charge in [-0.1, -0.05) is 60.7 Å². The average Bonchev–Trinajstić information content (AvgIpc) is 2.69. The number of aromatic nitrogens is 1. The number of pyridine rings is 1. The van der Waals surface area contributed by atoms with E-state index in [0.29, 0.717) is 0 Å². The molecule has 27 heavy (non-hydrogen) atoms. The van der Waals surface area contributed by atoms with Crippen LogP contribution in [0.15, 0.2) is 85.2 Å². The van der Waals surface area contributed by atoms with Crippen molar-refractivity contribution in [2.45, 2.75) is 12.5 Å². The summed E-state index contributed by atoms with van der Waals surface area (Å²) in [6.45, 7) is 0. The van der Waals surface area contributed by atoms with Crippen LogP contribution in [0.5, 0.6) is 0 Å². The zero-order valence-corrected chi connectivity index (χ0v) is 14.6. The minimum Gasteiger partial charge on any atom is -0.464 e. The third-order valence-electron chi connectivity index (χ3n) is 4.09. The molecule has 6 heteroatoms. The van der Waals surface area contributed by atoms with Crippen LogP contribution >= 0.6 is 0 Å². The highest BCUT2D eigenvalue weighted by atomic mass is 16.4. The van der Waals surface area contributed by atoms with Crippen molar-refractivity contribution in [3.63, 3.8) is 0 Å². The van der Waals surface area contributed by atoms with Crippen LogP contribution < -0.4 is 15.4 Å². The van der Waals surface area contributed by atoms with E-state index >= 15 is 0 Å². The Hall–Kier alpha value is -3.67.